The van der Waals surface area contributed by atoms with Crippen LogP contribution < -0.4 is 5.32 Å². The maximum absolute atomic E-state index is 13.0. The molecule has 170 valence electrons. The van der Waals surface area contributed by atoms with Crippen molar-refractivity contribution in [3.63, 3.8) is 0 Å². The van der Waals surface area contributed by atoms with E-state index in [9.17, 15) is 10.1 Å². The summed E-state index contributed by atoms with van der Waals surface area (Å²) in [4.78, 5) is 13.0. The molecule has 0 aliphatic heterocycles. The van der Waals surface area contributed by atoms with Crippen LogP contribution in [0.2, 0.25) is 15.1 Å². The zero-order valence-electron chi connectivity index (χ0n) is 18.5. The van der Waals surface area contributed by atoms with Crippen LogP contribution in [-0.2, 0) is 11.3 Å². The van der Waals surface area contributed by atoms with E-state index in [1.807, 2.05) is 50.2 Å². The maximum Gasteiger partial charge on any atom is 0.266 e. The zero-order valence-corrected chi connectivity index (χ0v) is 20.8. The van der Waals surface area contributed by atoms with Crippen molar-refractivity contribution in [3.05, 3.63) is 104 Å². The molecule has 1 heterocycles. The van der Waals surface area contributed by atoms with Crippen LogP contribution in [0.3, 0.4) is 0 Å². The minimum Gasteiger partial charge on any atom is -0.340 e. The lowest BCUT2D eigenvalue weighted by atomic mass is 10.1. The first kappa shape index (κ1) is 23.9. The lowest BCUT2D eigenvalue weighted by Crippen LogP contribution is -2.14. The number of rotatable bonds is 5. The summed E-state index contributed by atoms with van der Waals surface area (Å²) in [6.07, 6.45) is 1.63. The molecule has 3 aromatic carbocycles. The standard InChI is InChI=1S/C27H20Cl3N3O/c1-16-23(29)7-5-8-25(16)32-27(34)19(14-31)12-22-17(2)33(26-9-4-3-6-21(22)26)15-18-10-11-20(28)13-24(18)30/h3-13H,15H2,1-2H3,(H,32,34)/b19-12+. The Hall–Kier alpha value is -3.23. The predicted molar refractivity (Wildman–Crippen MR) is 141 cm³/mol. The Balaban J connectivity index is 1.76. The molecule has 0 atom stereocenters. The Bertz CT molecular complexity index is 1500. The van der Waals surface area contributed by atoms with Crippen LogP contribution in [0, 0.1) is 25.2 Å². The number of carbonyl (C=O) groups is 1. The Kier molecular flexibility index (Phi) is 7.00. The molecule has 0 saturated heterocycles. The van der Waals surface area contributed by atoms with E-state index in [-0.39, 0.29) is 5.57 Å². The van der Waals surface area contributed by atoms with Crippen LogP contribution in [0.1, 0.15) is 22.4 Å². The lowest BCUT2D eigenvalue weighted by molar-refractivity contribution is -0.112. The van der Waals surface area contributed by atoms with Crippen molar-refractivity contribution in [1.29, 1.82) is 5.26 Å². The number of anilines is 1. The second-order valence-corrected chi connectivity index (χ2v) is 9.13. The summed E-state index contributed by atoms with van der Waals surface area (Å²) in [5.74, 6) is -0.496. The van der Waals surface area contributed by atoms with Gasteiger partial charge in [-0.1, -0.05) is 65.1 Å². The van der Waals surface area contributed by atoms with Crippen LogP contribution in [0.4, 0.5) is 5.69 Å². The fourth-order valence-electron chi connectivity index (χ4n) is 3.89. The first-order valence-corrected chi connectivity index (χ1v) is 11.6. The minimum atomic E-state index is -0.496. The summed E-state index contributed by atoms with van der Waals surface area (Å²) < 4.78 is 2.12. The number of benzene rings is 3. The highest BCUT2D eigenvalue weighted by atomic mass is 35.5. The molecule has 0 saturated carbocycles. The largest absolute Gasteiger partial charge is 0.340 e. The number of carbonyl (C=O) groups excluding carboxylic acids is 1. The van der Waals surface area contributed by atoms with Crippen LogP contribution >= 0.6 is 34.8 Å². The third kappa shape index (κ3) is 4.69. The van der Waals surface area contributed by atoms with E-state index in [1.54, 1.807) is 36.4 Å². The number of para-hydroxylation sites is 1. The van der Waals surface area contributed by atoms with Gasteiger partial charge in [0.2, 0.25) is 0 Å². The summed E-state index contributed by atoms with van der Waals surface area (Å²) >= 11 is 18.6. The molecule has 7 heteroatoms. The third-order valence-corrected chi connectivity index (χ3v) is 6.79. The Morgan fingerprint density at radius 3 is 2.53 bits per heavy atom. The van der Waals surface area contributed by atoms with Crippen molar-refractivity contribution in [2.24, 2.45) is 0 Å². The quantitative estimate of drug-likeness (QED) is 0.221. The molecule has 1 aromatic heterocycles. The van der Waals surface area contributed by atoms with Gasteiger partial charge in [0.15, 0.2) is 0 Å². The minimum absolute atomic E-state index is 0.00472. The van der Waals surface area contributed by atoms with E-state index in [0.717, 1.165) is 33.3 Å². The van der Waals surface area contributed by atoms with Crippen molar-refractivity contribution in [2.75, 3.05) is 5.32 Å². The van der Waals surface area contributed by atoms with Crippen molar-refractivity contribution in [3.8, 4) is 6.07 Å². The number of nitrogens with zero attached hydrogens (tertiary/aromatic N) is 2. The number of halogens is 3. The van der Waals surface area contributed by atoms with Crippen LogP contribution in [0.5, 0.6) is 0 Å². The normalized spacial score (nSPS) is 11.5. The van der Waals surface area contributed by atoms with E-state index >= 15 is 0 Å². The fourth-order valence-corrected chi connectivity index (χ4v) is 4.53. The molecular formula is C27H20Cl3N3O. The van der Waals surface area contributed by atoms with Gasteiger partial charge in [-0.25, -0.2) is 0 Å². The van der Waals surface area contributed by atoms with Crippen molar-refractivity contribution in [2.45, 2.75) is 20.4 Å². The van der Waals surface area contributed by atoms with Gasteiger partial charge in [0, 0.05) is 49.5 Å². The number of hydrogen-bond donors (Lipinski definition) is 1. The van der Waals surface area contributed by atoms with E-state index < -0.39 is 5.91 Å². The number of amides is 1. The number of nitrogens with one attached hydrogen (secondary N) is 1. The Labute approximate surface area is 213 Å². The highest BCUT2D eigenvalue weighted by Crippen LogP contribution is 2.31. The first-order valence-electron chi connectivity index (χ1n) is 10.5. The molecule has 0 aliphatic rings. The summed E-state index contributed by atoms with van der Waals surface area (Å²) in [5, 5.41) is 15.2. The maximum atomic E-state index is 13.0. The van der Waals surface area contributed by atoms with Gasteiger partial charge in [0.25, 0.3) is 5.91 Å². The third-order valence-electron chi connectivity index (χ3n) is 5.79. The molecule has 0 unspecified atom stereocenters. The van der Waals surface area contributed by atoms with Gasteiger partial charge in [0.05, 0.1) is 0 Å². The smallest absolute Gasteiger partial charge is 0.266 e. The van der Waals surface area contributed by atoms with Gasteiger partial charge >= 0.3 is 0 Å². The highest BCUT2D eigenvalue weighted by molar-refractivity contribution is 6.35. The fraction of sp³-hybridized carbons (Fsp3) is 0.111. The number of fused-ring (bicyclic) bond motifs is 1. The van der Waals surface area contributed by atoms with Crippen molar-refractivity contribution in [1.82, 2.24) is 4.57 Å². The summed E-state index contributed by atoms with van der Waals surface area (Å²) in [5.41, 5.74) is 4.90. The van der Waals surface area contributed by atoms with Gasteiger partial charge in [-0.2, -0.15) is 5.26 Å². The molecule has 0 aliphatic carbocycles. The van der Waals surface area contributed by atoms with Gasteiger partial charge in [0.1, 0.15) is 11.6 Å². The van der Waals surface area contributed by atoms with E-state index in [4.69, 9.17) is 34.8 Å². The molecule has 34 heavy (non-hydrogen) atoms. The van der Waals surface area contributed by atoms with Gasteiger partial charge < -0.3 is 9.88 Å². The van der Waals surface area contributed by atoms with Crippen LogP contribution in [0.15, 0.2) is 66.2 Å². The van der Waals surface area contributed by atoms with Crippen molar-refractivity contribution >= 4 is 63.4 Å². The van der Waals surface area contributed by atoms with Crippen LogP contribution in [-0.4, -0.2) is 10.5 Å². The first-order chi connectivity index (χ1) is 16.3. The molecule has 0 radical (unpaired) electrons. The monoisotopic (exact) mass is 507 g/mol. The molecular weight excluding hydrogens is 489 g/mol. The lowest BCUT2D eigenvalue weighted by Gasteiger charge is -2.11. The average molecular weight is 509 g/mol. The number of hydrogen-bond acceptors (Lipinski definition) is 2. The van der Waals surface area contributed by atoms with E-state index in [0.29, 0.717) is 27.3 Å². The molecule has 1 N–H and O–H groups in total. The second-order valence-electron chi connectivity index (χ2n) is 7.87. The molecule has 1 amide bonds. The topological polar surface area (TPSA) is 57.8 Å². The average Bonchev–Trinajstić information content (AvgIpc) is 3.07. The van der Waals surface area contributed by atoms with Crippen LogP contribution in [0.25, 0.3) is 17.0 Å². The zero-order chi connectivity index (χ0) is 24.4. The van der Waals surface area contributed by atoms with E-state index in [2.05, 4.69) is 9.88 Å². The molecule has 0 bridgehead atoms. The van der Waals surface area contributed by atoms with Gasteiger partial charge in [-0.15, -0.1) is 0 Å². The molecule has 4 aromatic rings. The molecule has 4 rings (SSSR count). The number of aromatic nitrogens is 1. The SMILES string of the molecule is Cc1c(Cl)cccc1NC(=O)/C(C#N)=C/c1c(C)n(Cc2ccc(Cl)cc2Cl)c2ccccc12. The highest BCUT2D eigenvalue weighted by Gasteiger charge is 2.17. The van der Waals surface area contributed by atoms with E-state index in [1.165, 1.54) is 0 Å². The molecule has 0 fully saturated rings. The van der Waals surface area contributed by atoms with Gasteiger partial charge in [-0.3, -0.25) is 4.79 Å². The predicted octanol–water partition coefficient (Wildman–Crippen LogP) is 7.81. The number of nitriles is 1. The Morgan fingerprint density at radius 1 is 1.03 bits per heavy atom. The second kappa shape index (κ2) is 9.95. The van der Waals surface area contributed by atoms with Gasteiger partial charge in [-0.05, 0) is 61.4 Å². The molecule has 4 nitrogen and oxygen atoms in total. The summed E-state index contributed by atoms with van der Waals surface area (Å²) in [7, 11) is 0. The summed E-state index contributed by atoms with van der Waals surface area (Å²) in [6.45, 7) is 4.29. The summed E-state index contributed by atoms with van der Waals surface area (Å²) in [6, 6.07) is 20.6. The van der Waals surface area contributed by atoms with Crippen molar-refractivity contribution < 1.29 is 4.79 Å². The molecule has 0 spiro atoms. The Morgan fingerprint density at radius 2 is 1.79 bits per heavy atom.